The molecule has 2 unspecified atom stereocenters. The molecule has 1 aliphatic rings. The second-order valence-electron chi connectivity index (χ2n) is 5.01. The molecule has 19 heavy (non-hydrogen) atoms. The minimum atomic E-state index is -0.0800. The van der Waals surface area contributed by atoms with Gasteiger partial charge in [-0.2, -0.15) is 5.10 Å². The van der Waals surface area contributed by atoms with Crippen LogP contribution in [-0.4, -0.2) is 39.6 Å². The van der Waals surface area contributed by atoms with E-state index in [2.05, 4.69) is 27.6 Å². The molecule has 2 aromatic heterocycles. The first-order valence-corrected chi connectivity index (χ1v) is 6.54. The van der Waals surface area contributed by atoms with Crippen LogP contribution in [0.3, 0.4) is 0 Å². The van der Waals surface area contributed by atoms with Crippen LogP contribution < -0.4 is 10.6 Å². The Morgan fingerprint density at radius 3 is 3.26 bits per heavy atom. The third-order valence-corrected chi connectivity index (χ3v) is 3.71. The normalized spacial score (nSPS) is 23.4. The zero-order valence-corrected chi connectivity index (χ0v) is 10.8. The van der Waals surface area contributed by atoms with E-state index in [1.807, 2.05) is 0 Å². The third kappa shape index (κ3) is 2.31. The molecule has 0 bridgehead atoms. The number of carbonyl (C=O) groups excluding carboxylic acids is 1. The number of nitrogens with one attached hydrogen (secondary N) is 2. The molecule has 6 heteroatoms. The number of amides is 1. The van der Waals surface area contributed by atoms with Gasteiger partial charge in [0, 0.05) is 25.0 Å². The van der Waals surface area contributed by atoms with Crippen LogP contribution in [0.2, 0.25) is 0 Å². The lowest BCUT2D eigenvalue weighted by atomic mass is 9.94. The Morgan fingerprint density at radius 2 is 2.42 bits per heavy atom. The number of nitrogens with zero attached hydrogens (tertiary/aromatic N) is 3. The van der Waals surface area contributed by atoms with Gasteiger partial charge in [-0.25, -0.2) is 4.52 Å². The molecule has 1 aliphatic heterocycles. The van der Waals surface area contributed by atoms with Crippen LogP contribution in [0.4, 0.5) is 0 Å². The van der Waals surface area contributed by atoms with E-state index in [0.29, 0.717) is 11.5 Å². The average Bonchev–Trinajstić information content (AvgIpc) is 2.85. The van der Waals surface area contributed by atoms with Crippen LogP contribution in [0.25, 0.3) is 5.52 Å². The van der Waals surface area contributed by atoms with Gasteiger partial charge in [0.05, 0.1) is 23.5 Å². The monoisotopic (exact) mass is 259 g/mol. The van der Waals surface area contributed by atoms with Gasteiger partial charge in [-0.3, -0.25) is 9.78 Å². The standard InChI is InChI=1S/C13H17N5O/c1-9-2-3-14-7-11(9)17-13(19)10-6-16-18-5-4-15-8-12(10)18/h4-6,8-9,11,14H,2-3,7H2,1H3,(H,17,19). The quantitative estimate of drug-likeness (QED) is 0.822. The fraction of sp³-hybridized carbons (Fsp3) is 0.462. The highest BCUT2D eigenvalue weighted by atomic mass is 16.1. The maximum absolute atomic E-state index is 12.3. The molecule has 6 nitrogen and oxygen atoms in total. The zero-order chi connectivity index (χ0) is 13.2. The molecule has 100 valence electrons. The van der Waals surface area contributed by atoms with Gasteiger partial charge >= 0.3 is 0 Å². The molecule has 2 atom stereocenters. The Balaban J connectivity index is 1.80. The molecule has 0 radical (unpaired) electrons. The van der Waals surface area contributed by atoms with Crippen LogP contribution in [-0.2, 0) is 0 Å². The van der Waals surface area contributed by atoms with Gasteiger partial charge in [0.25, 0.3) is 5.91 Å². The van der Waals surface area contributed by atoms with Crippen LogP contribution in [0.5, 0.6) is 0 Å². The first kappa shape index (κ1) is 12.1. The predicted octanol–water partition coefficient (Wildman–Crippen LogP) is 0.457. The topological polar surface area (TPSA) is 71.3 Å². The number of aromatic nitrogens is 3. The maximum atomic E-state index is 12.3. The van der Waals surface area contributed by atoms with Crippen molar-refractivity contribution in [2.45, 2.75) is 19.4 Å². The summed E-state index contributed by atoms with van der Waals surface area (Å²) in [5.74, 6) is 0.411. The van der Waals surface area contributed by atoms with Gasteiger partial charge in [-0.05, 0) is 18.9 Å². The molecule has 1 amide bonds. The van der Waals surface area contributed by atoms with Crippen molar-refractivity contribution < 1.29 is 4.79 Å². The largest absolute Gasteiger partial charge is 0.348 e. The highest BCUT2D eigenvalue weighted by Gasteiger charge is 2.24. The molecule has 1 saturated heterocycles. The molecular formula is C13H17N5O. The van der Waals surface area contributed by atoms with E-state index in [4.69, 9.17) is 0 Å². The zero-order valence-electron chi connectivity index (χ0n) is 10.8. The second-order valence-corrected chi connectivity index (χ2v) is 5.01. The summed E-state index contributed by atoms with van der Waals surface area (Å²) in [5.41, 5.74) is 1.31. The fourth-order valence-electron chi connectivity index (χ4n) is 2.44. The molecule has 2 N–H and O–H groups in total. The maximum Gasteiger partial charge on any atom is 0.255 e. The summed E-state index contributed by atoms with van der Waals surface area (Å²) < 4.78 is 1.66. The summed E-state index contributed by atoms with van der Waals surface area (Å²) in [7, 11) is 0. The van der Waals surface area contributed by atoms with Crippen molar-refractivity contribution in [3.63, 3.8) is 0 Å². The first-order valence-electron chi connectivity index (χ1n) is 6.54. The van der Waals surface area contributed by atoms with E-state index in [9.17, 15) is 4.79 Å². The number of carbonyl (C=O) groups is 1. The summed E-state index contributed by atoms with van der Waals surface area (Å²) >= 11 is 0. The highest BCUT2D eigenvalue weighted by Crippen LogP contribution is 2.13. The lowest BCUT2D eigenvalue weighted by Gasteiger charge is -2.30. The summed E-state index contributed by atoms with van der Waals surface area (Å²) in [4.78, 5) is 16.4. The smallest absolute Gasteiger partial charge is 0.255 e. The van der Waals surface area contributed by atoms with E-state index in [1.165, 1.54) is 0 Å². The fourth-order valence-corrected chi connectivity index (χ4v) is 2.44. The second kappa shape index (κ2) is 4.97. The summed E-state index contributed by atoms with van der Waals surface area (Å²) in [6, 6.07) is 0.174. The molecule has 3 heterocycles. The highest BCUT2D eigenvalue weighted by molar-refractivity contribution is 6.00. The summed E-state index contributed by atoms with van der Waals surface area (Å²) in [5, 5.41) is 10.5. The van der Waals surface area contributed by atoms with E-state index in [0.717, 1.165) is 25.0 Å². The Hall–Kier alpha value is -1.95. The van der Waals surface area contributed by atoms with Crippen molar-refractivity contribution in [1.29, 1.82) is 0 Å². The number of hydrogen-bond donors (Lipinski definition) is 2. The van der Waals surface area contributed by atoms with Crippen molar-refractivity contribution in [2.24, 2.45) is 5.92 Å². The van der Waals surface area contributed by atoms with Crippen LogP contribution in [0.15, 0.2) is 24.8 Å². The van der Waals surface area contributed by atoms with Gasteiger partial charge in [-0.1, -0.05) is 6.92 Å². The number of fused-ring (bicyclic) bond motifs is 1. The minimum absolute atomic E-state index is 0.0800. The molecule has 0 spiro atoms. The molecule has 1 fully saturated rings. The number of hydrogen-bond acceptors (Lipinski definition) is 4. The van der Waals surface area contributed by atoms with Gasteiger partial charge in [0.15, 0.2) is 0 Å². The van der Waals surface area contributed by atoms with Crippen LogP contribution >= 0.6 is 0 Å². The molecule has 0 aliphatic carbocycles. The van der Waals surface area contributed by atoms with Crippen molar-refractivity contribution in [2.75, 3.05) is 13.1 Å². The summed E-state index contributed by atoms with van der Waals surface area (Å²) in [6.07, 6.45) is 7.71. The summed E-state index contributed by atoms with van der Waals surface area (Å²) in [6.45, 7) is 4.02. The lowest BCUT2D eigenvalue weighted by Crippen LogP contribution is -2.50. The van der Waals surface area contributed by atoms with E-state index in [1.54, 1.807) is 29.3 Å². The Labute approximate surface area is 111 Å². The van der Waals surface area contributed by atoms with Crippen molar-refractivity contribution >= 4 is 11.4 Å². The third-order valence-electron chi connectivity index (χ3n) is 3.71. The molecule has 2 aromatic rings. The van der Waals surface area contributed by atoms with Crippen LogP contribution in [0.1, 0.15) is 23.7 Å². The van der Waals surface area contributed by atoms with Crippen molar-refractivity contribution in [1.82, 2.24) is 25.2 Å². The molecule has 0 aromatic carbocycles. The van der Waals surface area contributed by atoms with Crippen LogP contribution in [0, 0.1) is 5.92 Å². The Bertz CT molecular complexity index is 593. The van der Waals surface area contributed by atoms with Gasteiger partial charge in [0.1, 0.15) is 0 Å². The number of rotatable bonds is 2. The lowest BCUT2D eigenvalue weighted by molar-refractivity contribution is 0.0917. The van der Waals surface area contributed by atoms with E-state index in [-0.39, 0.29) is 11.9 Å². The predicted molar refractivity (Wildman–Crippen MR) is 70.9 cm³/mol. The van der Waals surface area contributed by atoms with E-state index < -0.39 is 0 Å². The average molecular weight is 259 g/mol. The van der Waals surface area contributed by atoms with Crippen molar-refractivity contribution in [3.8, 4) is 0 Å². The van der Waals surface area contributed by atoms with Gasteiger partial charge in [-0.15, -0.1) is 0 Å². The SMILES string of the molecule is CC1CCNCC1NC(=O)c1cnn2ccncc12. The van der Waals surface area contributed by atoms with Gasteiger partial charge < -0.3 is 10.6 Å². The molecular weight excluding hydrogens is 242 g/mol. The Kier molecular flexibility index (Phi) is 3.16. The molecule has 0 saturated carbocycles. The Morgan fingerprint density at radius 1 is 1.53 bits per heavy atom. The number of piperidine rings is 1. The first-order chi connectivity index (χ1) is 9.25. The van der Waals surface area contributed by atoms with Crippen molar-refractivity contribution in [3.05, 3.63) is 30.4 Å². The minimum Gasteiger partial charge on any atom is -0.348 e. The molecule has 3 rings (SSSR count). The van der Waals surface area contributed by atoms with Gasteiger partial charge in [0.2, 0.25) is 0 Å². The van der Waals surface area contributed by atoms with E-state index >= 15 is 0 Å².